The van der Waals surface area contributed by atoms with E-state index in [9.17, 15) is 9.59 Å². The second-order valence-corrected chi connectivity index (χ2v) is 3.72. The van der Waals surface area contributed by atoms with Gasteiger partial charge >= 0.3 is 5.97 Å². The normalized spacial score (nSPS) is 20.8. The van der Waals surface area contributed by atoms with E-state index in [2.05, 4.69) is 5.32 Å². The summed E-state index contributed by atoms with van der Waals surface area (Å²) in [6.45, 7) is 1.64. The predicted octanol–water partition coefficient (Wildman–Crippen LogP) is -0.702. The minimum atomic E-state index is -0.998. The van der Waals surface area contributed by atoms with Crippen molar-refractivity contribution in [2.45, 2.75) is 18.9 Å². The highest BCUT2D eigenvalue weighted by atomic mass is 16.5. The first-order valence-corrected chi connectivity index (χ1v) is 5.41. The summed E-state index contributed by atoms with van der Waals surface area (Å²) in [6, 6.07) is -0.823. The molecule has 1 atom stereocenters. The van der Waals surface area contributed by atoms with Crippen LogP contribution < -0.4 is 5.32 Å². The Morgan fingerprint density at radius 2 is 2.31 bits per heavy atom. The summed E-state index contributed by atoms with van der Waals surface area (Å²) in [7, 11) is 1.82. The molecule has 1 aliphatic heterocycles. The van der Waals surface area contributed by atoms with Crippen molar-refractivity contribution in [1.29, 1.82) is 0 Å². The first kappa shape index (κ1) is 12.9. The molecule has 6 heteroatoms. The highest BCUT2D eigenvalue weighted by molar-refractivity contribution is 5.83. The van der Waals surface area contributed by atoms with Crippen LogP contribution in [0.15, 0.2) is 0 Å². The number of nitrogens with zero attached hydrogens (tertiary/aromatic N) is 1. The number of nitrogens with one attached hydrogen (secondary N) is 1. The van der Waals surface area contributed by atoms with Crippen LogP contribution in [0.5, 0.6) is 0 Å². The number of rotatable bonds is 5. The molecule has 0 aromatic carbocycles. The van der Waals surface area contributed by atoms with Crippen LogP contribution in [0.4, 0.5) is 0 Å². The van der Waals surface area contributed by atoms with E-state index >= 15 is 0 Å². The Bertz CT molecular complexity index is 257. The number of amides is 1. The Hall–Kier alpha value is -1.14. The van der Waals surface area contributed by atoms with E-state index in [1.807, 2.05) is 7.05 Å². The molecule has 0 aromatic rings. The van der Waals surface area contributed by atoms with Crippen LogP contribution in [0.25, 0.3) is 0 Å². The molecule has 1 amide bonds. The largest absolute Gasteiger partial charge is 0.480 e. The van der Waals surface area contributed by atoms with Gasteiger partial charge in [-0.2, -0.15) is 0 Å². The molecule has 0 aromatic heterocycles. The van der Waals surface area contributed by atoms with E-state index in [0.29, 0.717) is 19.6 Å². The van der Waals surface area contributed by atoms with Gasteiger partial charge in [0.1, 0.15) is 0 Å². The van der Waals surface area contributed by atoms with Crippen LogP contribution in [0.3, 0.4) is 0 Å². The quantitative estimate of drug-likeness (QED) is 0.610. The highest BCUT2D eigenvalue weighted by Gasteiger charge is 2.32. The molecule has 1 fully saturated rings. The second kappa shape index (κ2) is 6.44. The van der Waals surface area contributed by atoms with E-state index in [4.69, 9.17) is 9.84 Å². The van der Waals surface area contributed by atoms with E-state index in [-0.39, 0.29) is 12.5 Å². The van der Waals surface area contributed by atoms with Gasteiger partial charge in [0.15, 0.2) is 6.04 Å². The van der Waals surface area contributed by atoms with Gasteiger partial charge in [-0.1, -0.05) is 0 Å². The molecule has 0 aliphatic carbocycles. The lowest BCUT2D eigenvalue weighted by molar-refractivity contribution is -0.158. The molecule has 1 aliphatic rings. The lowest BCUT2D eigenvalue weighted by Crippen LogP contribution is -2.52. The maximum atomic E-state index is 11.8. The van der Waals surface area contributed by atoms with Gasteiger partial charge in [-0.25, -0.2) is 4.79 Å². The predicted molar refractivity (Wildman–Crippen MR) is 57.1 cm³/mol. The fourth-order valence-electron chi connectivity index (χ4n) is 1.67. The molecular weight excluding hydrogens is 212 g/mol. The minimum absolute atomic E-state index is 0.0904. The van der Waals surface area contributed by atoms with Gasteiger partial charge in [0.2, 0.25) is 5.91 Å². The van der Waals surface area contributed by atoms with Crippen molar-refractivity contribution in [1.82, 2.24) is 10.2 Å². The number of ether oxygens (including phenoxy) is 1. The third-order valence-electron chi connectivity index (χ3n) is 2.55. The van der Waals surface area contributed by atoms with Gasteiger partial charge < -0.3 is 20.1 Å². The number of carbonyl (C=O) groups is 2. The van der Waals surface area contributed by atoms with Crippen LogP contribution in [-0.2, 0) is 14.3 Å². The Balaban J connectivity index is 2.47. The maximum absolute atomic E-state index is 11.8. The smallest absolute Gasteiger partial charge is 0.328 e. The fourth-order valence-corrected chi connectivity index (χ4v) is 1.67. The number of hydrogen-bond acceptors (Lipinski definition) is 4. The molecule has 0 saturated carbocycles. The van der Waals surface area contributed by atoms with Crippen LogP contribution in [0, 0.1) is 0 Å². The first-order chi connectivity index (χ1) is 7.66. The standard InChI is InChI=1S/C10H18N2O4/c1-11-4-2-3-9(13)12-5-6-16-7-8(12)10(14)15/h8,11H,2-7H2,1H3,(H,14,15). The molecule has 16 heavy (non-hydrogen) atoms. The monoisotopic (exact) mass is 230 g/mol. The Labute approximate surface area is 94.6 Å². The molecule has 0 bridgehead atoms. The zero-order chi connectivity index (χ0) is 12.0. The van der Waals surface area contributed by atoms with Crippen molar-refractivity contribution in [3.63, 3.8) is 0 Å². The van der Waals surface area contributed by atoms with Gasteiger partial charge in [0.05, 0.1) is 13.2 Å². The van der Waals surface area contributed by atoms with E-state index in [1.165, 1.54) is 4.90 Å². The van der Waals surface area contributed by atoms with Gasteiger partial charge in [-0.05, 0) is 20.0 Å². The highest BCUT2D eigenvalue weighted by Crippen LogP contribution is 2.09. The molecule has 1 saturated heterocycles. The van der Waals surface area contributed by atoms with E-state index in [0.717, 1.165) is 13.0 Å². The Morgan fingerprint density at radius 3 is 2.94 bits per heavy atom. The van der Waals surface area contributed by atoms with Crippen LogP contribution in [0.1, 0.15) is 12.8 Å². The lowest BCUT2D eigenvalue weighted by Gasteiger charge is -2.32. The zero-order valence-corrected chi connectivity index (χ0v) is 9.44. The van der Waals surface area contributed by atoms with Crippen molar-refractivity contribution in [3.05, 3.63) is 0 Å². The average Bonchev–Trinajstić information content (AvgIpc) is 2.29. The van der Waals surface area contributed by atoms with Gasteiger partial charge in [-0.3, -0.25) is 4.79 Å². The summed E-state index contributed by atoms with van der Waals surface area (Å²) in [5, 5.41) is 11.9. The lowest BCUT2D eigenvalue weighted by atomic mass is 10.2. The summed E-state index contributed by atoms with van der Waals surface area (Å²) in [5.74, 6) is -1.10. The maximum Gasteiger partial charge on any atom is 0.328 e. The Morgan fingerprint density at radius 1 is 1.56 bits per heavy atom. The number of carbonyl (C=O) groups excluding carboxylic acids is 1. The number of hydrogen-bond donors (Lipinski definition) is 2. The van der Waals surface area contributed by atoms with Crippen LogP contribution in [-0.4, -0.2) is 61.3 Å². The van der Waals surface area contributed by atoms with Crippen LogP contribution >= 0.6 is 0 Å². The average molecular weight is 230 g/mol. The third kappa shape index (κ3) is 3.46. The van der Waals surface area contributed by atoms with Crippen molar-refractivity contribution in [2.75, 3.05) is 33.4 Å². The summed E-state index contributed by atoms with van der Waals surface area (Å²) in [5.41, 5.74) is 0. The summed E-state index contributed by atoms with van der Waals surface area (Å²) in [6.07, 6.45) is 1.10. The van der Waals surface area contributed by atoms with Crippen LogP contribution in [0.2, 0.25) is 0 Å². The van der Waals surface area contributed by atoms with Gasteiger partial charge in [0, 0.05) is 13.0 Å². The Kier molecular flexibility index (Phi) is 5.21. The minimum Gasteiger partial charge on any atom is -0.480 e. The molecule has 1 rings (SSSR count). The summed E-state index contributed by atoms with van der Waals surface area (Å²) < 4.78 is 5.06. The number of carboxylic acid groups (broad SMARTS) is 1. The first-order valence-electron chi connectivity index (χ1n) is 5.41. The van der Waals surface area contributed by atoms with Gasteiger partial charge in [0.25, 0.3) is 0 Å². The van der Waals surface area contributed by atoms with Crippen molar-refractivity contribution < 1.29 is 19.4 Å². The topological polar surface area (TPSA) is 78.9 Å². The zero-order valence-electron chi connectivity index (χ0n) is 9.44. The van der Waals surface area contributed by atoms with Gasteiger partial charge in [-0.15, -0.1) is 0 Å². The molecule has 1 unspecified atom stereocenters. The van der Waals surface area contributed by atoms with E-state index in [1.54, 1.807) is 0 Å². The number of morpholine rings is 1. The van der Waals surface area contributed by atoms with Crippen molar-refractivity contribution in [2.24, 2.45) is 0 Å². The molecule has 2 N–H and O–H groups in total. The third-order valence-corrected chi connectivity index (χ3v) is 2.55. The SMILES string of the molecule is CNCCCC(=O)N1CCOCC1C(=O)O. The molecule has 92 valence electrons. The molecule has 1 heterocycles. The number of aliphatic carboxylic acids is 1. The molecular formula is C10H18N2O4. The number of carboxylic acids is 1. The molecule has 0 radical (unpaired) electrons. The second-order valence-electron chi connectivity index (χ2n) is 3.72. The van der Waals surface area contributed by atoms with Crippen molar-refractivity contribution >= 4 is 11.9 Å². The fraction of sp³-hybridized carbons (Fsp3) is 0.800. The van der Waals surface area contributed by atoms with E-state index < -0.39 is 12.0 Å². The van der Waals surface area contributed by atoms with Crippen molar-refractivity contribution in [3.8, 4) is 0 Å². The molecule has 6 nitrogen and oxygen atoms in total. The summed E-state index contributed by atoms with van der Waals surface area (Å²) in [4.78, 5) is 24.1. The molecule has 0 spiro atoms. The summed E-state index contributed by atoms with van der Waals surface area (Å²) >= 11 is 0.